The van der Waals surface area contributed by atoms with Crippen molar-refractivity contribution in [3.05, 3.63) is 45.5 Å². The van der Waals surface area contributed by atoms with Crippen LogP contribution in [-0.4, -0.2) is 35.8 Å². The van der Waals surface area contributed by atoms with Crippen molar-refractivity contribution in [2.75, 3.05) is 0 Å². The molecule has 0 aliphatic rings. The largest absolute Gasteiger partial charge is 1.00 e. The van der Waals surface area contributed by atoms with Gasteiger partial charge in [-0.15, -0.1) is 0 Å². The molecule has 0 amide bonds. The van der Waals surface area contributed by atoms with Crippen LogP contribution in [0.1, 0.15) is 62.1 Å². The molecule has 2 aromatic rings. The molecule has 0 unspecified atom stereocenters. The summed E-state index contributed by atoms with van der Waals surface area (Å²) in [6.45, 7) is 0. The summed E-state index contributed by atoms with van der Waals surface area (Å²) >= 11 is 0. The van der Waals surface area contributed by atoms with Crippen molar-refractivity contribution in [2.24, 2.45) is 0 Å². The molecular formula is C16H2K6O12. The fourth-order valence-electron chi connectivity index (χ4n) is 2.72. The maximum Gasteiger partial charge on any atom is 1.00 e. The second kappa shape index (κ2) is 22.0. The second-order valence-electron chi connectivity index (χ2n) is 5.17. The van der Waals surface area contributed by atoms with Crippen LogP contribution < -0.4 is 339 Å². The quantitative estimate of drug-likeness (QED) is 0.273. The molecular weight excluding hydrogens is 619 g/mol. The molecule has 0 radical (unpaired) electrons. The van der Waals surface area contributed by atoms with Gasteiger partial charge in [-0.1, -0.05) is 0 Å². The summed E-state index contributed by atoms with van der Waals surface area (Å²) in [5, 5.41) is 65.7. The number of aromatic carboxylic acids is 6. The van der Waals surface area contributed by atoms with Crippen LogP contribution in [0.2, 0.25) is 0 Å². The smallest absolute Gasteiger partial charge is 0.545 e. The molecule has 0 atom stereocenters. The summed E-state index contributed by atoms with van der Waals surface area (Å²) in [4.78, 5) is 68.0. The van der Waals surface area contributed by atoms with Crippen LogP contribution in [0.4, 0.5) is 0 Å². The third kappa shape index (κ3) is 11.5. The minimum absolute atomic E-state index is 0. The third-order valence-corrected chi connectivity index (χ3v) is 3.68. The number of hydrogen-bond acceptors (Lipinski definition) is 12. The van der Waals surface area contributed by atoms with Crippen LogP contribution in [0, 0.1) is 0 Å². The van der Waals surface area contributed by atoms with Gasteiger partial charge < -0.3 is 59.4 Å². The summed E-state index contributed by atoms with van der Waals surface area (Å²) in [5.41, 5.74) is -8.95. The molecule has 12 nitrogen and oxygen atoms in total. The van der Waals surface area contributed by atoms with Gasteiger partial charge in [0.1, 0.15) is 0 Å². The Kier molecular flexibility index (Phi) is 31.7. The van der Waals surface area contributed by atoms with Gasteiger partial charge in [-0.25, -0.2) is 0 Å². The maximum atomic E-state index is 11.5. The number of benzene rings is 2. The number of rotatable bonds is 6. The standard InChI is InChI=1S/C16H8O12.6K/c17-11(18)3-1-4-6(5(2-3)12(19)20)8(14(23)24)10(16(27)28)9(15(25)26)7(4)13(21)22;;;;;;/h1-2H,(H,17,18)(H,19,20)(H,21,22)(H,23,24)(H,25,26)(H,27,28);;;;;;/q;6*+1/p-6. The van der Waals surface area contributed by atoms with Gasteiger partial charge in [-0.05, 0) is 23.1 Å². The fraction of sp³-hybridized carbons (Fsp3) is 0. The van der Waals surface area contributed by atoms with Gasteiger partial charge in [0, 0.05) is 33.2 Å². The SMILES string of the molecule is O=C([O-])c1cc(C(=O)[O-])c2c(C(=O)[O-])c(C(=O)[O-])c(C(=O)[O-])c(C(=O)[O-])c2c1.[K+].[K+].[K+].[K+].[K+].[K+]. The average molecular weight is 621 g/mol. The summed E-state index contributed by atoms with van der Waals surface area (Å²) in [6, 6.07) is 0.663. The van der Waals surface area contributed by atoms with Crippen molar-refractivity contribution in [3.63, 3.8) is 0 Å². The molecule has 0 aromatic heterocycles. The van der Waals surface area contributed by atoms with Gasteiger partial charge in [0.15, 0.2) is 0 Å². The molecule has 0 aliphatic heterocycles. The zero-order valence-electron chi connectivity index (χ0n) is 19.1. The number of carboxylic acids is 6. The van der Waals surface area contributed by atoms with E-state index in [2.05, 4.69) is 0 Å². The molecule has 18 heteroatoms. The van der Waals surface area contributed by atoms with Crippen LogP contribution in [0.25, 0.3) is 10.8 Å². The monoisotopic (exact) mass is 620 g/mol. The van der Waals surface area contributed by atoms with Gasteiger partial charge in [-0.3, -0.25) is 0 Å². The van der Waals surface area contributed by atoms with E-state index in [1.54, 1.807) is 0 Å². The molecule has 144 valence electrons. The average Bonchev–Trinajstić information content (AvgIpc) is 2.57. The minimum atomic E-state index is -2.52. The molecule has 2 aromatic carbocycles. The maximum absolute atomic E-state index is 11.5. The predicted molar refractivity (Wildman–Crippen MR) is 69.9 cm³/mol. The first kappa shape index (κ1) is 49.0. The molecule has 0 aliphatic carbocycles. The molecule has 0 heterocycles. The van der Waals surface area contributed by atoms with Crippen LogP contribution in [0.5, 0.6) is 0 Å². The summed E-state index contributed by atoms with van der Waals surface area (Å²) in [6.07, 6.45) is 0. The first-order chi connectivity index (χ1) is 12.9. The first-order valence-corrected chi connectivity index (χ1v) is 6.85. The molecule has 0 fully saturated rings. The Morgan fingerprint density at radius 3 is 1.09 bits per heavy atom. The first-order valence-electron chi connectivity index (χ1n) is 6.85. The van der Waals surface area contributed by atoms with Crippen molar-refractivity contribution in [1.82, 2.24) is 0 Å². The van der Waals surface area contributed by atoms with E-state index < -0.39 is 80.0 Å². The minimum Gasteiger partial charge on any atom is -0.545 e. The Morgan fingerprint density at radius 2 is 0.794 bits per heavy atom. The third-order valence-electron chi connectivity index (χ3n) is 3.68. The van der Waals surface area contributed by atoms with E-state index in [4.69, 9.17) is 0 Å². The zero-order valence-corrected chi connectivity index (χ0v) is 37.8. The molecule has 0 N–H and O–H groups in total. The molecule has 0 bridgehead atoms. The van der Waals surface area contributed by atoms with Crippen LogP contribution in [-0.2, 0) is 0 Å². The topological polar surface area (TPSA) is 241 Å². The Balaban J connectivity index is -0.000000467. The van der Waals surface area contributed by atoms with Crippen molar-refractivity contribution < 1.29 is 368 Å². The summed E-state index contributed by atoms with van der Waals surface area (Å²) in [5.74, 6) is -14.2. The summed E-state index contributed by atoms with van der Waals surface area (Å²) < 4.78 is 0. The van der Waals surface area contributed by atoms with Gasteiger partial charge in [0.2, 0.25) is 0 Å². The van der Waals surface area contributed by atoms with E-state index >= 15 is 0 Å². The van der Waals surface area contributed by atoms with E-state index in [9.17, 15) is 59.4 Å². The van der Waals surface area contributed by atoms with Crippen LogP contribution >= 0.6 is 0 Å². The second-order valence-corrected chi connectivity index (χ2v) is 5.17. The van der Waals surface area contributed by atoms with Crippen molar-refractivity contribution >= 4 is 46.6 Å². The normalized spacial score (nSPS) is 8.59. The van der Waals surface area contributed by atoms with E-state index in [1.165, 1.54) is 0 Å². The molecule has 0 spiro atoms. The summed E-state index contributed by atoms with van der Waals surface area (Å²) in [7, 11) is 0. The van der Waals surface area contributed by atoms with Gasteiger partial charge in [0.25, 0.3) is 0 Å². The van der Waals surface area contributed by atoms with Crippen molar-refractivity contribution in [3.8, 4) is 0 Å². The number of carbonyl (C=O) groups is 6. The Hall–Kier alpha value is 5.34. The molecule has 0 saturated carbocycles. The van der Waals surface area contributed by atoms with E-state index in [0.29, 0.717) is 12.1 Å². The molecule has 2 rings (SSSR count). The fourth-order valence-corrected chi connectivity index (χ4v) is 2.72. The van der Waals surface area contributed by atoms with E-state index in [0.717, 1.165) is 0 Å². The predicted octanol–water partition coefficient (Wildman–Crippen LogP) is -25.0. The van der Waals surface area contributed by atoms with Gasteiger partial charge in [0.05, 0.1) is 35.8 Å². The van der Waals surface area contributed by atoms with E-state index in [-0.39, 0.29) is 308 Å². The van der Waals surface area contributed by atoms with Crippen LogP contribution in [0.3, 0.4) is 0 Å². The number of carboxylic acid groups (broad SMARTS) is 6. The zero-order chi connectivity index (χ0) is 21.5. The molecule has 34 heavy (non-hydrogen) atoms. The van der Waals surface area contributed by atoms with Crippen molar-refractivity contribution in [1.29, 1.82) is 0 Å². The van der Waals surface area contributed by atoms with Gasteiger partial charge >= 0.3 is 308 Å². The molecule has 0 saturated heterocycles. The van der Waals surface area contributed by atoms with Gasteiger partial charge in [-0.2, -0.15) is 0 Å². The van der Waals surface area contributed by atoms with Crippen molar-refractivity contribution in [2.45, 2.75) is 0 Å². The number of fused-ring (bicyclic) bond motifs is 1. The Morgan fingerprint density at radius 1 is 0.441 bits per heavy atom. The Bertz CT molecular complexity index is 1150. The van der Waals surface area contributed by atoms with Crippen LogP contribution in [0.15, 0.2) is 12.1 Å². The number of hydrogen-bond donors (Lipinski definition) is 0. The Labute approximate surface area is 446 Å². The van der Waals surface area contributed by atoms with E-state index in [1.807, 2.05) is 0 Å². The number of carbonyl (C=O) groups excluding carboxylic acids is 6.